The normalized spacial score (nSPS) is 33.3. The average molecular weight is 789 g/mol. The molecule has 0 aromatic rings. The maximum atomic E-state index is 7.07. The van der Waals surface area contributed by atoms with Gasteiger partial charge >= 0.3 is 0 Å². The Morgan fingerprint density at radius 2 is 1.18 bits per heavy atom. The van der Waals surface area contributed by atoms with Gasteiger partial charge in [0.2, 0.25) is 0 Å². The number of nitrogens with one attached hydrogen (secondary N) is 1. The molecule has 330 valence electrons. The van der Waals surface area contributed by atoms with Crippen molar-refractivity contribution in [1.29, 1.82) is 0 Å². The molecule has 1 unspecified atom stereocenters. The van der Waals surface area contributed by atoms with Crippen molar-refractivity contribution in [2.24, 2.45) is 63.5 Å². The van der Waals surface area contributed by atoms with E-state index in [9.17, 15) is 0 Å². The Morgan fingerprint density at radius 3 is 1.80 bits per heavy atom. The summed E-state index contributed by atoms with van der Waals surface area (Å²) in [5.41, 5.74) is 18.3. The minimum absolute atomic E-state index is 0.179. The van der Waals surface area contributed by atoms with E-state index in [2.05, 4.69) is 33.0 Å². The van der Waals surface area contributed by atoms with E-state index in [1.807, 2.05) is 0 Å². The number of fused-ring (bicyclic) bond motifs is 5. The summed E-state index contributed by atoms with van der Waals surface area (Å²) < 4.78 is 20.5. The fourth-order valence-corrected chi connectivity index (χ4v) is 12.9. The van der Waals surface area contributed by atoms with Crippen molar-refractivity contribution in [2.75, 3.05) is 52.5 Å². The maximum absolute atomic E-state index is 7.07. The largest absolute Gasteiger partial charge is 0.378 e. The van der Waals surface area contributed by atoms with Gasteiger partial charge in [-0.05, 0) is 157 Å². The predicted octanol–water partition coefficient (Wildman–Crippen LogP) is 10.6. The summed E-state index contributed by atoms with van der Waals surface area (Å²) in [6.45, 7) is 17.0. The molecule has 0 amide bonds. The molecule has 0 spiro atoms. The highest BCUT2D eigenvalue weighted by Crippen LogP contribution is 2.69. The van der Waals surface area contributed by atoms with E-state index in [-0.39, 0.29) is 5.41 Å². The number of hydrogen-bond acceptors (Lipinski definition) is 7. The maximum Gasteiger partial charge on any atom is 0.0637 e. The van der Waals surface area contributed by atoms with Crippen molar-refractivity contribution in [3.63, 3.8) is 0 Å². The molecule has 0 radical (unpaired) electrons. The van der Waals surface area contributed by atoms with Crippen LogP contribution < -0.4 is 22.5 Å². The quantitative estimate of drug-likeness (QED) is 0.0501. The first-order valence-electron chi connectivity index (χ1n) is 25.0. The third-order valence-corrected chi connectivity index (χ3v) is 16.2. The van der Waals surface area contributed by atoms with Crippen LogP contribution in [0.2, 0.25) is 0 Å². The van der Waals surface area contributed by atoms with Crippen molar-refractivity contribution in [1.82, 2.24) is 5.32 Å². The molecular weight excluding hydrogens is 693 g/mol. The monoisotopic (exact) mass is 789 g/mol. The predicted molar refractivity (Wildman–Crippen MR) is 238 cm³/mol. The van der Waals surface area contributed by atoms with Crippen molar-refractivity contribution >= 4 is 0 Å². The molecule has 7 heteroatoms. The molecule has 11 atom stereocenters. The van der Waals surface area contributed by atoms with E-state index < -0.39 is 0 Å². The summed E-state index contributed by atoms with van der Waals surface area (Å²) in [5.74, 6) is 3.91. The molecule has 4 fully saturated rings. The fourth-order valence-electron chi connectivity index (χ4n) is 12.9. The molecule has 0 saturated heterocycles. The lowest BCUT2D eigenvalue weighted by molar-refractivity contribution is -0.227. The van der Waals surface area contributed by atoms with Crippen LogP contribution in [-0.4, -0.2) is 70.9 Å². The van der Waals surface area contributed by atoms with Gasteiger partial charge in [-0.1, -0.05) is 111 Å². The second-order valence-corrected chi connectivity index (χ2v) is 19.9. The SMILES string of the molecule is CCCCCCCCCCCCCCCCNCCC[C@@H](C)[C@H]1CC[C@H]2[C@@H]3[C@H](OCCCN)C[C@@H]4CC(OCCCN)CC[C@]4(C)[C@H]3C[C@H](OCCCN)[C@]12C. The molecular formula is C49H96N4O3. The van der Waals surface area contributed by atoms with Gasteiger partial charge in [0.15, 0.2) is 0 Å². The zero-order chi connectivity index (χ0) is 40.1. The Hall–Kier alpha value is -0.280. The summed E-state index contributed by atoms with van der Waals surface area (Å²) in [4.78, 5) is 0. The van der Waals surface area contributed by atoms with Gasteiger partial charge in [-0.3, -0.25) is 0 Å². The summed E-state index contributed by atoms with van der Waals surface area (Å²) in [6.07, 6.45) is 35.0. The second-order valence-electron chi connectivity index (χ2n) is 19.9. The van der Waals surface area contributed by atoms with E-state index in [0.29, 0.717) is 78.9 Å². The average Bonchev–Trinajstić information content (AvgIpc) is 3.56. The molecule has 0 heterocycles. The van der Waals surface area contributed by atoms with Crippen LogP contribution in [0.1, 0.15) is 195 Å². The third kappa shape index (κ3) is 13.9. The first-order valence-corrected chi connectivity index (χ1v) is 25.0. The summed E-state index contributed by atoms with van der Waals surface area (Å²) in [5, 5.41) is 3.82. The first kappa shape index (κ1) is 48.4. The zero-order valence-corrected chi connectivity index (χ0v) is 37.7. The molecule has 7 nitrogen and oxygen atoms in total. The van der Waals surface area contributed by atoms with Crippen LogP contribution in [-0.2, 0) is 14.2 Å². The second kappa shape index (κ2) is 26.8. The van der Waals surface area contributed by atoms with Crippen LogP contribution in [0.25, 0.3) is 0 Å². The molecule has 0 aromatic heterocycles. The molecule has 0 aliphatic heterocycles. The van der Waals surface area contributed by atoms with Crippen LogP contribution >= 0.6 is 0 Å². The molecule has 7 N–H and O–H groups in total. The molecule has 56 heavy (non-hydrogen) atoms. The van der Waals surface area contributed by atoms with E-state index >= 15 is 0 Å². The molecule has 4 aliphatic rings. The molecule has 4 aliphatic carbocycles. The van der Waals surface area contributed by atoms with Gasteiger partial charge in [0.25, 0.3) is 0 Å². The number of ether oxygens (including phenoxy) is 3. The highest BCUT2D eigenvalue weighted by molar-refractivity contribution is 5.15. The highest BCUT2D eigenvalue weighted by Gasteiger charge is 2.66. The Kier molecular flexibility index (Phi) is 23.2. The molecule has 0 bridgehead atoms. The topological polar surface area (TPSA) is 118 Å². The van der Waals surface area contributed by atoms with Crippen molar-refractivity contribution in [3.05, 3.63) is 0 Å². The van der Waals surface area contributed by atoms with Crippen molar-refractivity contribution in [3.8, 4) is 0 Å². The Bertz CT molecular complexity index is 1000. The van der Waals surface area contributed by atoms with E-state index in [0.717, 1.165) is 52.0 Å². The van der Waals surface area contributed by atoms with Gasteiger partial charge in [0.1, 0.15) is 0 Å². The van der Waals surface area contributed by atoms with Gasteiger partial charge in [0, 0.05) is 25.2 Å². The first-order chi connectivity index (χ1) is 27.3. The van der Waals surface area contributed by atoms with E-state index in [4.69, 9.17) is 31.4 Å². The number of rotatable bonds is 32. The smallest absolute Gasteiger partial charge is 0.0637 e. The Morgan fingerprint density at radius 1 is 0.607 bits per heavy atom. The van der Waals surface area contributed by atoms with Crippen LogP contribution in [0.4, 0.5) is 0 Å². The van der Waals surface area contributed by atoms with Gasteiger partial charge in [0.05, 0.1) is 18.3 Å². The van der Waals surface area contributed by atoms with Gasteiger partial charge in [-0.2, -0.15) is 0 Å². The van der Waals surface area contributed by atoms with Crippen LogP contribution in [0.3, 0.4) is 0 Å². The standard InChI is InChI=1S/C49H96N4O3/c1-5-6-7-8-9-10-11-12-13-14-15-16-17-18-31-53-32-19-23-39(2)42-24-25-43-47-44(38-46(49(42,43)4)56-35-22-30-52)48(3)27-26-41(54-33-20-28-50)36-40(48)37-45(47)55-34-21-29-51/h39-47,53H,5-38,50-52H2,1-4H3/t39-,40+,41?,42-,43+,44+,45-,46+,47+,48+,49-/m1/s1. The Labute approximate surface area is 347 Å². The lowest BCUT2D eigenvalue weighted by Gasteiger charge is -2.65. The fraction of sp³-hybridized carbons (Fsp3) is 1.00. The number of unbranched alkanes of at least 4 members (excludes halogenated alkanes) is 13. The van der Waals surface area contributed by atoms with Crippen LogP contribution in [0, 0.1) is 46.3 Å². The minimum atomic E-state index is 0.179. The van der Waals surface area contributed by atoms with E-state index in [1.54, 1.807) is 0 Å². The van der Waals surface area contributed by atoms with Crippen molar-refractivity contribution < 1.29 is 14.2 Å². The number of nitrogens with two attached hydrogens (primary N) is 3. The Balaban J connectivity index is 1.26. The molecule has 4 rings (SSSR count). The van der Waals surface area contributed by atoms with Crippen molar-refractivity contribution in [2.45, 2.75) is 213 Å². The van der Waals surface area contributed by atoms with Gasteiger partial charge < -0.3 is 36.7 Å². The molecule has 4 saturated carbocycles. The zero-order valence-electron chi connectivity index (χ0n) is 37.7. The summed E-state index contributed by atoms with van der Waals surface area (Å²) >= 11 is 0. The third-order valence-electron chi connectivity index (χ3n) is 16.2. The van der Waals surface area contributed by atoms with Crippen LogP contribution in [0.15, 0.2) is 0 Å². The highest BCUT2D eigenvalue weighted by atomic mass is 16.5. The summed E-state index contributed by atoms with van der Waals surface area (Å²) in [7, 11) is 0. The van der Waals surface area contributed by atoms with Gasteiger partial charge in [-0.15, -0.1) is 0 Å². The lowest BCUT2D eigenvalue weighted by atomic mass is 9.43. The molecule has 0 aromatic carbocycles. The lowest BCUT2D eigenvalue weighted by Crippen LogP contribution is -2.63. The van der Waals surface area contributed by atoms with Gasteiger partial charge in [-0.25, -0.2) is 0 Å². The summed E-state index contributed by atoms with van der Waals surface area (Å²) in [6, 6.07) is 0. The van der Waals surface area contributed by atoms with E-state index in [1.165, 1.54) is 148 Å². The number of hydrogen-bond donors (Lipinski definition) is 4. The van der Waals surface area contributed by atoms with Crippen LogP contribution in [0.5, 0.6) is 0 Å². The minimum Gasteiger partial charge on any atom is -0.378 e.